The van der Waals surface area contributed by atoms with Gasteiger partial charge >= 0.3 is 0 Å². The van der Waals surface area contributed by atoms with Crippen molar-refractivity contribution in [3.63, 3.8) is 0 Å². The Kier molecular flexibility index (Phi) is 7.21. The van der Waals surface area contributed by atoms with Crippen molar-refractivity contribution in [2.75, 3.05) is 20.2 Å². The minimum atomic E-state index is -0.247. The maximum atomic E-state index is 13.0. The quantitative estimate of drug-likeness (QED) is 0.593. The smallest absolute Gasteiger partial charge is 0.191 e. The molecular weight excluding hydrogens is 325 g/mol. The molecule has 4 nitrogen and oxygen atoms in total. The van der Waals surface area contributed by atoms with Gasteiger partial charge in [-0.15, -0.1) is 11.3 Å². The van der Waals surface area contributed by atoms with Gasteiger partial charge in [0.25, 0.3) is 0 Å². The van der Waals surface area contributed by atoms with E-state index >= 15 is 0 Å². The van der Waals surface area contributed by atoms with Crippen LogP contribution in [0.1, 0.15) is 28.3 Å². The van der Waals surface area contributed by atoms with Gasteiger partial charge in [-0.25, -0.2) is 9.38 Å². The number of hydrogen-bond acceptors (Lipinski definition) is 3. The van der Waals surface area contributed by atoms with E-state index in [9.17, 15) is 4.39 Å². The standard InChI is InChI=1S/C18H24FN3OS/c1-4-20-18(21-11-16-10-5-13(2)24-16)22-12-17(23-3)14-6-8-15(19)9-7-14/h5-10,17H,4,11-12H2,1-3H3,(H2,20,21,22). The molecule has 0 aliphatic carbocycles. The van der Waals surface area contributed by atoms with Gasteiger partial charge in [-0.05, 0) is 43.7 Å². The number of ether oxygens (including phenoxy) is 1. The van der Waals surface area contributed by atoms with Gasteiger partial charge in [0.1, 0.15) is 5.82 Å². The average molecular weight is 349 g/mol. The van der Waals surface area contributed by atoms with Crippen molar-refractivity contribution in [3.8, 4) is 0 Å². The average Bonchev–Trinajstić information content (AvgIpc) is 3.00. The summed E-state index contributed by atoms with van der Waals surface area (Å²) in [6.07, 6.45) is -0.168. The summed E-state index contributed by atoms with van der Waals surface area (Å²) in [7, 11) is 1.65. The van der Waals surface area contributed by atoms with Gasteiger partial charge in [0.15, 0.2) is 5.96 Å². The normalized spacial score (nSPS) is 12.9. The largest absolute Gasteiger partial charge is 0.375 e. The molecule has 0 amide bonds. The molecule has 2 rings (SSSR count). The van der Waals surface area contributed by atoms with Gasteiger partial charge in [0, 0.05) is 30.0 Å². The van der Waals surface area contributed by atoms with E-state index in [1.807, 2.05) is 6.92 Å². The molecule has 1 atom stereocenters. The third-order valence-corrected chi connectivity index (χ3v) is 4.50. The van der Waals surface area contributed by atoms with Gasteiger partial charge in [0.05, 0.1) is 12.6 Å². The summed E-state index contributed by atoms with van der Waals surface area (Å²) in [6, 6.07) is 10.6. The number of nitrogens with one attached hydrogen (secondary N) is 2. The lowest BCUT2D eigenvalue weighted by atomic mass is 10.1. The molecule has 2 aromatic rings. The van der Waals surface area contributed by atoms with Crippen molar-refractivity contribution in [1.82, 2.24) is 10.6 Å². The number of halogens is 1. The van der Waals surface area contributed by atoms with E-state index in [0.717, 1.165) is 18.1 Å². The maximum Gasteiger partial charge on any atom is 0.191 e. The SMILES string of the molecule is CCNC(=NCc1ccc(C)s1)NCC(OC)c1ccc(F)cc1. The lowest BCUT2D eigenvalue weighted by Crippen LogP contribution is -2.39. The molecule has 24 heavy (non-hydrogen) atoms. The van der Waals surface area contributed by atoms with Crippen molar-refractivity contribution in [1.29, 1.82) is 0 Å². The Hall–Kier alpha value is -1.92. The monoisotopic (exact) mass is 349 g/mol. The maximum absolute atomic E-state index is 13.0. The number of aryl methyl sites for hydroxylation is 1. The third kappa shape index (κ3) is 5.62. The summed E-state index contributed by atoms with van der Waals surface area (Å²) in [4.78, 5) is 7.11. The zero-order valence-corrected chi connectivity index (χ0v) is 15.1. The number of thiophene rings is 1. The van der Waals surface area contributed by atoms with E-state index in [4.69, 9.17) is 4.74 Å². The van der Waals surface area contributed by atoms with Gasteiger partial charge in [-0.2, -0.15) is 0 Å². The summed E-state index contributed by atoms with van der Waals surface area (Å²) in [5, 5.41) is 6.51. The van der Waals surface area contributed by atoms with Crippen molar-refractivity contribution in [2.24, 2.45) is 4.99 Å². The van der Waals surface area contributed by atoms with Crippen LogP contribution in [0, 0.1) is 12.7 Å². The van der Waals surface area contributed by atoms with E-state index in [0.29, 0.717) is 13.1 Å². The van der Waals surface area contributed by atoms with Crippen LogP contribution < -0.4 is 10.6 Å². The minimum absolute atomic E-state index is 0.168. The highest BCUT2D eigenvalue weighted by Gasteiger charge is 2.11. The third-order valence-electron chi connectivity index (χ3n) is 3.51. The molecule has 130 valence electrons. The van der Waals surface area contributed by atoms with Crippen molar-refractivity contribution < 1.29 is 9.13 Å². The van der Waals surface area contributed by atoms with Crippen LogP contribution in [-0.2, 0) is 11.3 Å². The number of rotatable bonds is 7. The number of aliphatic imine (C=N–C) groups is 1. The molecule has 0 fully saturated rings. The predicted molar refractivity (Wildman–Crippen MR) is 98.0 cm³/mol. The van der Waals surface area contributed by atoms with Crippen LogP contribution in [0.5, 0.6) is 0 Å². The summed E-state index contributed by atoms with van der Waals surface area (Å²) in [6.45, 7) is 6.09. The molecule has 0 spiro atoms. The first-order valence-electron chi connectivity index (χ1n) is 7.98. The van der Waals surface area contributed by atoms with Crippen LogP contribution in [0.3, 0.4) is 0 Å². The number of guanidine groups is 1. The van der Waals surface area contributed by atoms with Gasteiger partial charge in [0.2, 0.25) is 0 Å². The first-order chi connectivity index (χ1) is 11.6. The molecule has 0 saturated heterocycles. The lowest BCUT2D eigenvalue weighted by molar-refractivity contribution is 0.106. The minimum Gasteiger partial charge on any atom is -0.375 e. The first kappa shape index (κ1) is 18.4. The highest BCUT2D eigenvalue weighted by molar-refractivity contribution is 7.11. The number of nitrogens with zero attached hydrogens (tertiary/aromatic N) is 1. The van der Waals surface area contributed by atoms with Crippen LogP contribution in [0.15, 0.2) is 41.4 Å². The van der Waals surface area contributed by atoms with Crippen molar-refractivity contribution in [3.05, 3.63) is 57.5 Å². The van der Waals surface area contributed by atoms with Gasteiger partial charge in [-0.1, -0.05) is 12.1 Å². The molecular formula is C18H24FN3OS. The molecule has 1 aromatic carbocycles. The van der Waals surface area contributed by atoms with Crippen LogP contribution in [-0.4, -0.2) is 26.2 Å². The van der Waals surface area contributed by atoms with E-state index in [2.05, 4.69) is 34.7 Å². The Morgan fingerprint density at radius 1 is 1.21 bits per heavy atom. The lowest BCUT2D eigenvalue weighted by Gasteiger charge is -2.18. The van der Waals surface area contributed by atoms with Crippen LogP contribution in [0.2, 0.25) is 0 Å². The Morgan fingerprint density at radius 2 is 1.96 bits per heavy atom. The molecule has 1 aromatic heterocycles. The molecule has 1 heterocycles. The second-order valence-corrected chi connectivity index (χ2v) is 6.74. The topological polar surface area (TPSA) is 45.7 Å². The van der Waals surface area contributed by atoms with Crippen LogP contribution >= 0.6 is 11.3 Å². The zero-order chi connectivity index (χ0) is 17.4. The Balaban J connectivity index is 1.97. The highest BCUT2D eigenvalue weighted by Crippen LogP contribution is 2.17. The Bertz CT molecular complexity index is 655. The van der Waals surface area contributed by atoms with E-state index in [1.54, 1.807) is 30.6 Å². The summed E-state index contributed by atoms with van der Waals surface area (Å²) in [5.74, 6) is 0.496. The molecule has 0 radical (unpaired) electrons. The highest BCUT2D eigenvalue weighted by atomic mass is 32.1. The molecule has 1 unspecified atom stereocenters. The number of hydrogen-bond donors (Lipinski definition) is 2. The van der Waals surface area contributed by atoms with Crippen LogP contribution in [0.4, 0.5) is 4.39 Å². The van der Waals surface area contributed by atoms with Crippen LogP contribution in [0.25, 0.3) is 0 Å². The zero-order valence-electron chi connectivity index (χ0n) is 14.3. The second-order valence-electron chi connectivity index (χ2n) is 5.36. The number of benzene rings is 1. The van der Waals surface area contributed by atoms with Gasteiger partial charge < -0.3 is 15.4 Å². The van der Waals surface area contributed by atoms with E-state index in [1.165, 1.54) is 21.9 Å². The Morgan fingerprint density at radius 3 is 2.54 bits per heavy atom. The number of methoxy groups -OCH3 is 1. The fraction of sp³-hybridized carbons (Fsp3) is 0.389. The fourth-order valence-corrected chi connectivity index (χ4v) is 3.09. The summed E-state index contributed by atoms with van der Waals surface area (Å²) in [5.41, 5.74) is 0.927. The Labute approximate surface area is 146 Å². The predicted octanol–water partition coefficient (Wildman–Crippen LogP) is 3.64. The molecule has 0 saturated carbocycles. The second kappa shape index (κ2) is 9.39. The summed E-state index contributed by atoms with van der Waals surface area (Å²) < 4.78 is 18.6. The summed E-state index contributed by atoms with van der Waals surface area (Å²) >= 11 is 1.75. The molecule has 0 bridgehead atoms. The van der Waals surface area contributed by atoms with Crippen molar-refractivity contribution >= 4 is 17.3 Å². The fourth-order valence-electron chi connectivity index (χ4n) is 2.27. The molecule has 0 aliphatic heterocycles. The molecule has 6 heteroatoms. The first-order valence-corrected chi connectivity index (χ1v) is 8.79. The van der Waals surface area contributed by atoms with E-state index < -0.39 is 0 Å². The van der Waals surface area contributed by atoms with Gasteiger partial charge in [-0.3, -0.25) is 0 Å². The molecule has 0 aliphatic rings. The van der Waals surface area contributed by atoms with E-state index in [-0.39, 0.29) is 11.9 Å². The molecule has 2 N–H and O–H groups in total. The van der Waals surface area contributed by atoms with Crippen molar-refractivity contribution in [2.45, 2.75) is 26.5 Å².